The number of rotatable bonds is 8. The van der Waals surface area contributed by atoms with Gasteiger partial charge in [0.05, 0.1) is 13.3 Å². The molecule has 0 unspecified atom stereocenters. The summed E-state index contributed by atoms with van der Waals surface area (Å²) in [5, 5.41) is 7.03. The molecular weight excluding hydrogens is 430 g/mol. The van der Waals surface area contributed by atoms with Gasteiger partial charge >= 0.3 is 11.8 Å². The Balaban J connectivity index is 1.41. The van der Waals surface area contributed by atoms with Gasteiger partial charge in [-0.25, -0.2) is 5.43 Å². The van der Waals surface area contributed by atoms with E-state index in [1.165, 1.54) is 6.21 Å². The third-order valence-corrected chi connectivity index (χ3v) is 4.65. The van der Waals surface area contributed by atoms with Crippen molar-refractivity contribution < 1.29 is 19.1 Å². The van der Waals surface area contributed by atoms with Crippen molar-refractivity contribution in [3.63, 3.8) is 0 Å². The minimum Gasteiger partial charge on any atom is -0.497 e. The number of amides is 2. The molecule has 2 N–H and O–H groups in total. The van der Waals surface area contributed by atoms with Crippen molar-refractivity contribution in [3.8, 4) is 11.5 Å². The summed E-state index contributed by atoms with van der Waals surface area (Å²) in [6.07, 6.45) is 1.44. The number of benzene rings is 3. The SMILES string of the molecule is COc1ccc(CNC(=O)C(=O)N/N=C\c2ccc(OCc3ccc(Cl)cc3)cc2)cc1. The molecule has 0 atom stereocenters. The zero-order valence-corrected chi connectivity index (χ0v) is 18.1. The maximum Gasteiger partial charge on any atom is 0.329 e. The molecule has 3 aromatic rings. The number of methoxy groups -OCH3 is 1. The Kier molecular flexibility index (Phi) is 8.22. The first-order chi connectivity index (χ1) is 15.5. The molecule has 0 aliphatic rings. The Labute approximate surface area is 191 Å². The van der Waals surface area contributed by atoms with Crippen LogP contribution >= 0.6 is 11.6 Å². The van der Waals surface area contributed by atoms with E-state index in [0.717, 1.165) is 16.7 Å². The lowest BCUT2D eigenvalue weighted by atomic mass is 10.2. The van der Waals surface area contributed by atoms with Crippen LogP contribution in [0.15, 0.2) is 77.9 Å². The van der Waals surface area contributed by atoms with Gasteiger partial charge in [0.2, 0.25) is 0 Å². The molecule has 0 radical (unpaired) electrons. The normalized spacial score (nSPS) is 10.6. The molecule has 0 saturated heterocycles. The molecule has 0 saturated carbocycles. The molecule has 0 bridgehead atoms. The van der Waals surface area contributed by atoms with Gasteiger partial charge in [-0.2, -0.15) is 5.10 Å². The molecule has 32 heavy (non-hydrogen) atoms. The van der Waals surface area contributed by atoms with Crippen LogP contribution < -0.4 is 20.2 Å². The summed E-state index contributed by atoms with van der Waals surface area (Å²) in [5.74, 6) is -0.214. The smallest absolute Gasteiger partial charge is 0.329 e. The summed E-state index contributed by atoms with van der Waals surface area (Å²) in [6.45, 7) is 0.643. The number of carbonyl (C=O) groups is 2. The van der Waals surface area contributed by atoms with Gasteiger partial charge in [-0.15, -0.1) is 0 Å². The van der Waals surface area contributed by atoms with Gasteiger partial charge < -0.3 is 14.8 Å². The van der Waals surface area contributed by atoms with Crippen molar-refractivity contribution in [1.82, 2.24) is 10.7 Å². The van der Waals surface area contributed by atoms with Gasteiger partial charge in [0.25, 0.3) is 0 Å². The van der Waals surface area contributed by atoms with E-state index in [4.69, 9.17) is 21.1 Å². The van der Waals surface area contributed by atoms with Crippen molar-refractivity contribution in [2.75, 3.05) is 7.11 Å². The summed E-state index contributed by atoms with van der Waals surface area (Å²) in [5.41, 5.74) is 4.80. The average Bonchev–Trinajstić information content (AvgIpc) is 2.83. The highest BCUT2D eigenvalue weighted by Gasteiger charge is 2.11. The van der Waals surface area contributed by atoms with Crippen molar-refractivity contribution in [2.24, 2.45) is 5.10 Å². The molecule has 0 aliphatic heterocycles. The van der Waals surface area contributed by atoms with Crippen molar-refractivity contribution in [2.45, 2.75) is 13.2 Å². The lowest BCUT2D eigenvalue weighted by molar-refractivity contribution is -0.139. The second-order valence-electron chi connectivity index (χ2n) is 6.71. The van der Waals surface area contributed by atoms with Crippen LogP contribution in [-0.4, -0.2) is 25.1 Å². The van der Waals surface area contributed by atoms with Gasteiger partial charge in [0.15, 0.2) is 0 Å². The highest BCUT2D eigenvalue weighted by atomic mass is 35.5. The number of hydrogen-bond acceptors (Lipinski definition) is 5. The van der Waals surface area contributed by atoms with Gasteiger partial charge in [-0.3, -0.25) is 9.59 Å². The average molecular weight is 452 g/mol. The molecule has 0 heterocycles. The minimum atomic E-state index is -0.849. The third-order valence-electron chi connectivity index (χ3n) is 4.40. The van der Waals surface area contributed by atoms with Crippen molar-refractivity contribution >= 4 is 29.6 Å². The molecule has 3 aromatic carbocycles. The van der Waals surface area contributed by atoms with E-state index >= 15 is 0 Å². The van der Waals surface area contributed by atoms with E-state index in [0.29, 0.717) is 23.1 Å². The highest BCUT2D eigenvalue weighted by Crippen LogP contribution is 2.15. The first-order valence-electron chi connectivity index (χ1n) is 9.75. The largest absolute Gasteiger partial charge is 0.497 e. The number of nitrogens with one attached hydrogen (secondary N) is 2. The minimum absolute atomic E-state index is 0.220. The van der Waals surface area contributed by atoms with Crippen LogP contribution in [-0.2, 0) is 22.7 Å². The Bertz CT molecular complexity index is 1070. The van der Waals surface area contributed by atoms with Crippen LogP contribution in [0.1, 0.15) is 16.7 Å². The molecule has 2 amide bonds. The van der Waals surface area contributed by atoms with E-state index < -0.39 is 11.8 Å². The zero-order valence-electron chi connectivity index (χ0n) is 17.4. The first-order valence-corrected chi connectivity index (χ1v) is 10.1. The maximum atomic E-state index is 11.9. The second-order valence-corrected chi connectivity index (χ2v) is 7.15. The van der Waals surface area contributed by atoms with Crippen LogP contribution in [0.25, 0.3) is 0 Å². The summed E-state index contributed by atoms with van der Waals surface area (Å²) in [7, 11) is 1.58. The zero-order chi connectivity index (χ0) is 22.8. The van der Waals surface area contributed by atoms with E-state index in [2.05, 4.69) is 15.8 Å². The van der Waals surface area contributed by atoms with E-state index in [1.54, 1.807) is 55.6 Å². The van der Waals surface area contributed by atoms with Crippen LogP contribution in [0.3, 0.4) is 0 Å². The summed E-state index contributed by atoms with van der Waals surface area (Å²) in [4.78, 5) is 23.8. The van der Waals surface area contributed by atoms with Gasteiger partial charge in [-0.1, -0.05) is 35.9 Å². The monoisotopic (exact) mass is 451 g/mol. The van der Waals surface area contributed by atoms with Crippen LogP contribution in [0.5, 0.6) is 11.5 Å². The van der Waals surface area contributed by atoms with Gasteiger partial charge in [0.1, 0.15) is 18.1 Å². The molecule has 0 aliphatic carbocycles. The maximum absolute atomic E-state index is 11.9. The first kappa shape index (κ1) is 22.8. The number of halogens is 1. The second kappa shape index (κ2) is 11.5. The summed E-state index contributed by atoms with van der Waals surface area (Å²) >= 11 is 5.87. The molecule has 8 heteroatoms. The quantitative estimate of drug-likeness (QED) is 0.310. The molecule has 3 rings (SSSR count). The fourth-order valence-corrected chi connectivity index (χ4v) is 2.75. The number of nitrogens with zero attached hydrogens (tertiary/aromatic N) is 1. The molecule has 0 fully saturated rings. The van der Waals surface area contributed by atoms with E-state index in [9.17, 15) is 9.59 Å². The van der Waals surface area contributed by atoms with E-state index in [1.807, 2.05) is 24.3 Å². The predicted molar refractivity (Wildman–Crippen MR) is 123 cm³/mol. The number of hydrogen-bond donors (Lipinski definition) is 2. The lowest BCUT2D eigenvalue weighted by Gasteiger charge is -2.06. The topological polar surface area (TPSA) is 89.0 Å². The van der Waals surface area contributed by atoms with Crippen molar-refractivity contribution in [3.05, 3.63) is 94.5 Å². The molecule has 164 valence electrons. The van der Waals surface area contributed by atoms with Gasteiger partial charge in [-0.05, 0) is 65.2 Å². The Morgan fingerprint density at radius 3 is 2.16 bits per heavy atom. The fourth-order valence-electron chi connectivity index (χ4n) is 2.62. The standard InChI is InChI=1S/C24H22ClN3O4/c1-31-21-10-4-17(5-11-21)14-26-23(29)24(30)28-27-15-18-6-12-22(13-7-18)32-16-19-2-8-20(25)9-3-19/h2-13,15H,14,16H2,1H3,(H,26,29)(H,28,30)/b27-15-. The Morgan fingerprint density at radius 1 is 0.875 bits per heavy atom. The Morgan fingerprint density at radius 2 is 1.50 bits per heavy atom. The molecule has 7 nitrogen and oxygen atoms in total. The Hall–Kier alpha value is -3.84. The molecule has 0 spiro atoms. The summed E-state index contributed by atoms with van der Waals surface area (Å²) < 4.78 is 10.8. The highest BCUT2D eigenvalue weighted by molar-refractivity contribution is 6.35. The number of hydrazone groups is 1. The summed E-state index contributed by atoms with van der Waals surface area (Å²) in [6, 6.07) is 21.8. The number of carbonyl (C=O) groups excluding carboxylic acids is 2. The lowest BCUT2D eigenvalue weighted by Crippen LogP contribution is -2.37. The van der Waals surface area contributed by atoms with Crippen LogP contribution in [0, 0.1) is 0 Å². The third kappa shape index (κ3) is 7.14. The van der Waals surface area contributed by atoms with Crippen LogP contribution in [0.2, 0.25) is 5.02 Å². The molecule has 0 aromatic heterocycles. The van der Waals surface area contributed by atoms with E-state index in [-0.39, 0.29) is 6.54 Å². The van der Waals surface area contributed by atoms with Crippen molar-refractivity contribution in [1.29, 1.82) is 0 Å². The van der Waals surface area contributed by atoms with Crippen LogP contribution in [0.4, 0.5) is 0 Å². The van der Waals surface area contributed by atoms with Gasteiger partial charge in [0, 0.05) is 11.6 Å². The predicted octanol–water partition coefficient (Wildman–Crippen LogP) is 3.69. The number of ether oxygens (including phenoxy) is 2. The molecular formula is C24H22ClN3O4. The fraction of sp³-hybridized carbons (Fsp3) is 0.125.